The van der Waals surface area contributed by atoms with Crippen LogP contribution in [0.3, 0.4) is 0 Å². The molecule has 25 heavy (non-hydrogen) atoms. The molecular weight excluding hydrogens is 314 g/mol. The number of rotatable bonds is 7. The molecule has 0 bridgehead atoms. The van der Waals surface area contributed by atoms with Crippen molar-refractivity contribution in [3.8, 4) is 0 Å². The third-order valence-corrected chi connectivity index (χ3v) is 4.22. The van der Waals surface area contributed by atoms with E-state index in [1.165, 1.54) is 5.56 Å². The molecule has 0 aliphatic rings. The molecule has 0 aliphatic heterocycles. The Hall–Kier alpha value is -2.95. The minimum atomic E-state index is -0.867. The van der Waals surface area contributed by atoms with E-state index in [2.05, 4.69) is 21.8 Å². The molecule has 0 unspecified atom stereocenters. The van der Waals surface area contributed by atoms with Gasteiger partial charge in [-0.05, 0) is 43.2 Å². The molecule has 0 amide bonds. The van der Waals surface area contributed by atoms with Gasteiger partial charge in [0.25, 0.3) is 0 Å². The molecule has 128 valence electrons. The fourth-order valence-corrected chi connectivity index (χ4v) is 2.98. The molecular formula is C20H21N3O2. The Kier molecular flexibility index (Phi) is 5.23. The quantitative estimate of drug-likeness (QED) is 0.717. The number of anilines is 1. The summed E-state index contributed by atoms with van der Waals surface area (Å²) in [7, 11) is 0. The minimum absolute atomic E-state index is 0.0697. The van der Waals surface area contributed by atoms with Crippen LogP contribution >= 0.6 is 0 Å². The highest BCUT2D eigenvalue weighted by Gasteiger charge is 2.13. The average molecular weight is 335 g/mol. The van der Waals surface area contributed by atoms with E-state index in [9.17, 15) is 4.79 Å². The molecule has 0 saturated heterocycles. The lowest BCUT2D eigenvalue weighted by Crippen LogP contribution is -2.26. The maximum atomic E-state index is 11.1. The smallest absolute Gasteiger partial charge is 0.309 e. The van der Waals surface area contributed by atoms with Crippen molar-refractivity contribution >= 4 is 22.6 Å². The molecule has 1 N–H and O–H groups in total. The predicted octanol–water partition coefficient (Wildman–Crippen LogP) is 3.33. The fraction of sp³-hybridized carbons (Fsp3) is 0.250. The number of benzene rings is 1. The predicted molar refractivity (Wildman–Crippen MR) is 98.9 cm³/mol. The van der Waals surface area contributed by atoms with Gasteiger partial charge in [-0.3, -0.25) is 14.8 Å². The van der Waals surface area contributed by atoms with Crippen LogP contribution in [0.2, 0.25) is 0 Å². The maximum Gasteiger partial charge on any atom is 0.309 e. The van der Waals surface area contributed by atoms with Gasteiger partial charge in [0.1, 0.15) is 0 Å². The molecule has 3 rings (SSSR count). The second-order valence-corrected chi connectivity index (χ2v) is 5.91. The molecule has 0 fully saturated rings. The second-order valence-electron chi connectivity index (χ2n) is 5.91. The molecule has 0 radical (unpaired) electrons. The van der Waals surface area contributed by atoms with Crippen LogP contribution < -0.4 is 4.90 Å². The Morgan fingerprint density at radius 3 is 2.64 bits per heavy atom. The number of aromatic nitrogens is 2. The first-order valence-electron chi connectivity index (χ1n) is 8.41. The number of aliphatic carboxylic acids is 1. The molecule has 3 aromatic rings. The molecule has 0 aliphatic carbocycles. The number of pyridine rings is 2. The van der Waals surface area contributed by atoms with Crippen molar-refractivity contribution in [3.05, 3.63) is 66.1 Å². The van der Waals surface area contributed by atoms with E-state index in [4.69, 9.17) is 5.11 Å². The highest BCUT2D eigenvalue weighted by Crippen LogP contribution is 2.27. The van der Waals surface area contributed by atoms with Crippen molar-refractivity contribution < 1.29 is 9.90 Å². The van der Waals surface area contributed by atoms with Crippen molar-refractivity contribution in [2.75, 3.05) is 18.0 Å². The standard InChI is InChI=1S/C20H21N3O2/c1-2-23(12-9-15-7-10-21-11-8-15)19-13-16(14-20(24)25)22-18-6-4-3-5-17(18)19/h3-8,10-11,13H,2,9,12,14H2,1H3,(H,24,25). The summed E-state index contributed by atoms with van der Waals surface area (Å²) in [6, 6.07) is 13.8. The zero-order valence-electron chi connectivity index (χ0n) is 14.2. The molecule has 5 heteroatoms. The third kappa shape index (κ3) is 4.12. The highest BCUT2D eigenvalue weighted by molar-refractivity contribution is 5.92. The first-order valence-corrected chi connectivity index (χ1v) is 8.41. The van der Waals surface area contributed by atoms with Gasteiger partial charge in [-0.1, -0.05) is 18.2 Å². The Balaban J connectivity index is 1.94. The number of likely N-dealkylation sites (N-methyl/N-ethyl adjacent to an activating group) is 1. The van der Waals surface area contributed by atoms with E-state index in [0.717, 1.165) is 36.1 Å². The van der Waals surface area contributed by atoms with Gasteiger partial charge in [0.15, 0.2) is 0 Å². The second kappa shape index (κ2) is 7.75. The molecule has 2 heterocycles. The fourth-order valence-electron chi connectivity index (χ4n) is 2.98. The Bertz CT molecular complexity index is 865. The van der Waals surface area contributed by atoms with E-state index in [-0.39, 0.29) is 6.42 Å². The van der Waals surface area contributed by atoms with Gasteiger partial charge in [0, 0.05) is 36.6 Å². The summed E-state index contributed by atoms with van der Waals surface area (Å²) in [5, 5.41) is 10.2. The number of carboxylic acids is 1. The number of nitrogens with zero attached hydrogens (tertiary/aromatic N) is 3. The molecule has 5 nitrogen and oxygen atoms in total. The first kappa shape index (κ1) is 16.9. The zero-order chi connectivity index (χ0) is 17.6. The van der Waals surface area contributed by atoms with Crippen molar-refractivity contribution in [3.63, 3.8) is 0 Å². The van der Waals surface area contributed by atoms with E-state index >= 15 is 0 Å². The number of carboxylic acid groups (broad SMARTS) is 1. The number of fused-ring (bicyclic) bond motifs is 1. The molecule has 2 aromatic heterocycles. The van der Waals surface area contributed by atoms with Gasteiger partial charge in [0.2, 0.25) is 0 Å². The Morgan fingerprint density at radius 2 is 1.92 bits per heavy atom. The summed E-state index contributed by atoms with van der Waals surface area (Å²) in [4.78, 5) is 21.9. The largest absolute Gasteiger partial charge is 0.481 e. The normalized spacial score (nSPS) is 10.8. The van der Waals surface area contributed by atoms with Crippen LogP contribution in [0.5, 0.6) is 0 Å². The lowest BCUT2D eigenvalue weighted by molar-refractivity contribution is -0.136. The lowest BCUT2D eigenvalue weighted by atomic mass is 10.1. The van der Waals surface area contributed by atoms with Gasteiger partial charge in [0.05, 0.1) is 17.6 Å². The number of hydrogen-bond acceptors (Lipinski definition) is 4. The van der Waals surface area contributed by atoms with Crippen molar-refractivity contribution in [2.24, 2.45) is 0 Å². The molecule has 1 aromatic carbocycles. The van der Waals surface area contributed by atoms with Gasteiger partial charge < -0.3 is 10.0 Å². The SMILES string of the molecule is CCN(CCc1ccncc1)c1cc(CC(=O)O)nc2ccccc12. The summed E-state index contributed by atoms with van der Waals surface area (Å²) in [5.41, 5.74) is 3.69. The summed E-state index contributed by atoms with van der Waals surface area (Å²) in [6.07, 6.45) is 4.44. The van der Waals surface area contributed by atoms with Gasteiger partial charge >= 0.3 is 5.97 Å². The van der Waals surface area contributed by atoms with Crippen LogP contribution in [0, 0.1) is 0 Å². The van der Waals surface area contributed by atoms with Crippen LogP contribution in [0.1, 0.15) is 18.2 Å². The third-order valence-electron chi connectivity index (χ3n) is 4.22. The van der Waals surface area contributed by atoms with Gasteiger partial charge in [-0.15, -0.1) is 0 Å². The summed E-state index contributed by atoms with van der Waals surface area (Å²) in [6.45, 7) is 3.80. The first-order chi connectivity index (χ1) is 12.2. The zero-order valence-corrected chi connectivity index (χ0v) is 14.2. The lowest BCUT2D eigenvalue weighted by Gasteiger charge is -2.25. The van der Waals surface area contributed by atoms with E-state index in [1.807, 2.05) is 42.5 Å². The highest BCUT2D eigenvalue weighted by atomic mass is 16.4. The maximum absolute atomic E-state index is 11.1. The van der Waals surface area contributed by atoms with Crippen LogP contribution in [0.25, 0.3) is 10.9 Å². The molecule has 0 saturated carbocycles. The Morgan fingerprint density at radius 1 is 1.16 bits per heavy atom. The molecule has 0 atom stereocenters. The van der Waals surface area contributed by atoms with Crippen LogP contribution in [-0.2, 0) is 17.6 Å². The molecule has 0 spiro atoms. The summed E-state index contributed by atoms with van der Waals surface area (Å²) in [5.74, 6) is -0.867. The number of para-hydroxylation sites is 1. The van der Waals surface area contributed by atoms with Crippen LogP contribution in [0.4, 0.5) is 5.69 Å². The van der Waals surface area contributed by atoms with E-state index < -0.39 is 5.97 Å². The Labute approximate surface area is 147 Å². The number of hydrogen-bond donors (Lipinski definition) is 1. The van der Waals surface area contributed by atoms with E-state index in [1.54, 1.807) is 12.4 Å². The van der Waals surface area contributed by atoms with Gasteiger partial charge in [-0.25, -0.2) is 0 Å². The minimum Gasteiger partial charge on any atom is -0.481 e. The number of carbonyl (C=O) groups is 1. The van der Waals surface area contributed by atoms with Crippen LogP contribution in [0.15, 0.2) is 54.9 Å². The van der Waals surface area contributed by atoms with E-state index in [0.29, 0.717) is 5.69 Å². The monoisotopic (exact) mass is 335 g/mol. The summed E-state index contributed by atoms with van der Waals surface area (Å²) < 4.78 is 0. The average Bonchev–Trinajstić information content (AvgIpc) is 2.62. The van der Waals surface area contributed by atoms with Crippen molar-refractivity contribution in [2.45, 2.75) is 19.8 Å². The van der Waals surface area contributed by atoms with Crippen LogP contribution in [-0.4, -0.2) is 34.1 Å². The van der Waals surface area contributed by atoms with Crippen molar-refractivity contribution in [1.29, 1.82) is 0 Å². The topological polar surface area (TPSA) is 66.3 Å². The summed E-state index contributed by atoms with van der Waals surface area (Å²) >= 11 is 0. The van der Waals surface area contributed by atoms with Crippen molar-refractivity contribution in [1.82, 2.24) is 9.97 Å². The van der Waals surface area contributed by atoms with Gasteiger partial charge in [-0.2, -0.15) is 0 Å².